The van der Waals surface area contributed by atoms with Crippen LogP contribution in [0.15, 0.2) is 24.3 Å². The highest BCUT2D eigenvalue weighted by atomic mass is 32.1. The number of anilines is 2. The molecule has 0 saturated heterocycles. The third kappa shape index (κ3) is 2.94. The summed E-state index contributed by atoms with van der Waals surface area (Å²) < 4.78 is 0. The lowest BCUT2D eigenvalue weighted by molar-refractivity contribution is -0.115. The van der Waals surface area contributed by atoms with Crippen molar-refractivity contribution in [1.82, 2.24) is 4.98 Å². The Morgan fingerprint density at radius 3 is 2.80 bits per heavy atom. The van der Waals surface area contributed by atoms with Gasteiger partial charge < -0.3 is 16.2 Å². The van der Waals surface area contributed by atoms with Crippen molar-refractivity contribution in [2.24, 2.45) is 0 Å². The van der Waals surface area contributed by atoms with Crippen LogP contribution in [-0.4, -0.2) is 22.0 Å². The molecule has 1 aromatic carbocycles. The Bertz CT molecular complexity index is 667. The Hall–Kier alpha value is -2.41. The molecule has 1 aromatic heterocycles. The van der Waals surface area contributed by atoms with Crippen LogP contribution in [0.2, 0.25) is 0 Å². The lowest BCUT2D eigenvalue weighted by Gasteiger charge is -2.00. The van der Waals surface area contributed by atoms with E-state index in [-0.39, 0.29) is 15.9 Å². The lowest BCUT2D eigenvalue weighted by atomic mass is 10.1. The van der Waals surface area contributed by atoms with Crippen molar-refractivity contribution in [3.05, 3.63) is 29.1 Å². The summed E-state index contributed by atoms with van der Waals surface area (Å²) >= 11 is 0.929. The van der Waals surface area contributed by atoms with E-state index in [1.165, 1.54) is 0 Å². The minimum atomic E-state index is -1.09. The monoisotopic (exact) mass is 291 g/mol. The zero-order chi connectivity index (χ0) is 14.7. The number of thiazole rings is 1. The predicted molar refractivity (Wildman–Crippen MR) is 77.8 cm³/mol. The predicted octanol–water partition coefficient (Wildman–Crippen LogP) is 2.44. The first-order valence-corrected chi connectivity index (χ1v) is 6.72. The van der Waals surface area contributed by atoms with E-state index in [0.29, 0.717) is 23.4 Å². The molecule has 0 radical (unpaired) electrons. The highest BCUT2D eigenvalue weighted by molar-refractivity contribution is 7.18. The summed E-state index contributed by atoms with van der Waals surface area (Å²) in [6.45, 7) is 1.71. The number of rotatable bonds is 4. The van der Waals surface area contributed by atoms with Crippen LogP contribution in [-0.2, 0) is 4.79 Å². The topological polar surface area (TPSA) is 105 Å². The van der Waals surface area contributed by atoms with Crippen molar-refractivity contribution in [2.75, 3.05) is 11.1 Å². The number of amides is 1. The first-order valence-electron chi connectivity index (χ1n) is 5.91. The summed E-state index contributed by atoms with van der Waals surface area (Å²) in [5.41, 5.74) is 7.12. The maximum absolute atomic E-state index is 11.4. The van der Waals surface area contributed by atoms with Crippen LogP contribution in [0, 0.1) is 0 Å². The summed E-state index contributed by atoms with van der Waals surface area (Å²) in [6, 6.07) is 6.80. The van der Waals surface area contributed by atoms with Crippen LogP contribution in [0.25, 0.3) is 11.3 Å². The molecule has 0 atom stereocenters. The zero-order valence-corrected chi connectivity index (χ0v) is 11.5. The van der Waals surface area contributed by atoms with E-state index in [1.54, 1.807) is 31.2 Å². The van der Waals surface area contributed by atoms with Crippen LogP contribution >= 0.6 is 11.3 Å². The highest BCUT2D eigenvalue weighted by Crippen LogP contribution is 2.32. The molecule has 0 fully saturated rings. The zero-order valence-electron chi connectivity index (χ0n) is 10.7. The second kappa shape index (κ2) is 5.70. The number of hydrogen-bond donors (Lipinski definition) is 3. The van der Waals surface area contributed by atoms with Crippen LogP contribution < -0.4 is 11.1 Å². The van der Waals surface area contributed by atoms with Crippen molar-refractivity contribution in [3.8, 4) is 11.3 Å². The standard InChI is InChI=1S/C13H13N3O3S/c1-2-9(17)15-13-16-10(11(20-13)12(18)19)7-4-3-5-8(14)6-7/h3-6H,2,14H2,1H3,(H,18,19)(H,15,16,17). The largest absolute Gasteiger partial charge is 0.477 e. The van der Waals surface area contributed by atoms with Crippen LogP contribution in [0.4, 0.5) is 10.8 Å². The molecule has 6 nitrogen and oxygen atoms in total. The molecule has 7 heteroatoms. The smallest absolute Gasteiger partial charge is 0.348 e. The van der Waals surface area contributed by atoms with Gasteiger partial charge in [-0.1, -0.05) is 30.4 Å². The van der Waals surface area contributed by atoms with Gasteiger partial charge in [0.15, 0.2) is 5.13 Å². The third-order valence-corrected chi connectivity index (χ3v) is 3.51. The normalized spacial score (nSPS) is 10.2. The lowest BCUT2D eigenvalue weighted by Crippen LogP contribution is -2.08. The Kier molecular flexibility index (Phi) is 3.99. The van der Waals surface area contributed by atoms with Gasteiger partial charge in [0.1, 0.15) is 4.88 Å². The highest BCUT2D eigenvalue weighted by Gasteiger charge is 2.19. The SMILES string of the molecule is CCC(=O)Nc1nc(-c2cccc(N)c2)c(C(=O)O)s1. The number of nitrogen functional groups attached to an aromatic ring is 1. The van der Waals surface area contributed by atoms with E-state index in [1.807, 2.05) is 0 Å². The first kappa shape index (κ1) is 14.0. The van der Waals surface area contributed by atoms with E-state index in [9.17, 15) is 14.7 Å². The molecule has 104 valence electrons. The van der Waals surface area contributed by atoms with Gasteiger partial charge >= 0.3 is 5.97 Å². The minimum Gasteiger partial charge on any atom is -0.477 e. The van der Waals surface area contributed by atoms with Gasteiger partial charge in [-0.3, -0.25) is 4.79 Å². The number of nitrogens with one attached hydrogen (secondary N) is 1. The van der Waals surface area contributed by atoms with Gasteiger partial charge in [-0.15, -0.1) is 0 Å². The maximum Gasteiger partial charge on any atom is 0.348 e. The molecule has 0 spiro atoms. The summed E-state index contributed by atoms with van der Waals surface area (Å²) in [5.74, 6) is -1.30. The fourth-order valence-electron chi connectivity index (χ4n) is 1.61. The first-order chi connectivity index (χ1) is 9.51. The summed E-state index contributed by atoms with van der Waals surface area (Å²) in [6.07, 6.45) is 0.301. The van der Waals surface area contributed by atoms with Crippen LogP contribution in [0.3, 0.4) is 0 Å². The molecule has 2 aromatic rings. The number of hydrogen-bond acceptors (Lipinski definition) is 5. The average Bonchev–Trinajstić information content (AvgIpc) is 2.82. The van der Waals surface area contributed by atoms with Gasteiger partial charge in [-0.25, -0.2) is 9.78 Å². The van der Waals surface area contributed by atoms with Gasteiger partial charge in [0.2, 0.25) is 5.91 Å². The molecule has 1 heterocycles. The number of carbonyl (C=O) groups is 2. The molecule has 0 aliphatic heterocycles. The van der Waals surface area contributed by atoms with Gasteiger partial charge in [0.25, 0.3) is 0 Å². The Balaban J connectivity index is 2.46. The third-order valence-electron chi connectivity index (χ3n) is 2.55. The average molecular weight is 291 g/mol. The Morgan fingerprint density at radius 1 is 1.45 bits per heavy atom. The molecule has 0 unspecified atom stereocenters. The van der Waals surface area contributed by atoms with E-state index < -0.39 is 5.97 Å². The Morgan fingerprint density at radius 2 is 2.20 bits per heavy atom. The van der Waals surface area contributed by atoms with Gasteiger partial charge in [-0.2, -0.15) is 0 Å². The molecular weight excluding hydrogens is 278 g/mol. The fraction of sp³-hybridized carbons (Fsp3) is 0.154. The molecule has 2 rings (SSSR count). The van der Waals surface area contributed by atoms with Crippen molar-refractivity contribution in [2.45, 2.75) is 13.3 Å². The molecule has 0 saturated carbocycles. The van der Waals surface area contributed by atoms with E-state index in [2.05, 4.69) is 10.3 Å². The number of aromatic carboxylic acids is 1. The second-order valence-corrected chi connectivity index (χ2v) is 5.03. The molecule has 0 bridgehead atoms. The summed E-state index contributed by atoms with van der Waals surface area (Å²) in [4.78, 5) is 26.9. The number of carboxylic acids is 1. The number of nitrogens with zero attached hydrogens (tertiary/aromatic N) is 1. The molecule has 1 amide bonds. The number of benzene rings is 1. The van der Waals surface area contributed by atoms with Gasteiger partial charge in [-0.05, 0) is 12.1 Å². The van der Waals surface area contributed by atoms with Crippen LogP contribution in [0.5, 0.6) is 0 Å². The minimum absolute atomic E-state index is 0.0713. The van der Waals surface area contributed by atoms with Crippen molar-refractivity contribution in [1.29, 1.82) is 0 Å². The van der Waals surface area contributed by atoms with Crippen molar-refractivity contribution in [3.63, 3.8) is 0 Å². The number of aromatic nitrogens is 1. The molecule has 20 heavy (non-hydrogen) atoms. The fourth-order valence-corrected chi connectivity index (χ4v) is 2.45. The van der Waals surface area contributed by atoms with Crippen molar-refractivity contribution >= 4 is 34.0 Å². The molecule has 0 aliphatic rings. The summed E-state index contributed by atoms with van der Waals surface area (Å²) in [7, 11) is 0. The number of carbonyl (C=O) groups excluding carboxylic acids is 1. The number of carboxylic acid groups (broad SMARTS) is 1. The van der Waals surface area contributed by atoms with E-state index in [0.717, 1.165) is 11.3 Å². The van der Waals surface area contributed by atoms with Crippen LogP contribution in [0.1, 0.15) is 23.0 Å². The van der Waals surface area contributed by atoms with E-state index >= 15 is 0 Å². The molecule has 4 N–H and O–H groups in total. The number of nitrogens with two attached hydrogens (primary N) is 1. The summed E-state index contributed by atoms with van der Waals surface area (Å²) in [5, 5.41) is 12.1. The Labute approximate surface area is 119 Å². The quantitative estimate of drug-likeness (QED) is 0.750. The maximum atomic E-state index is 11.4. The van der Waals surface area contributed by atoms with Gasteiger partial charge in [0.05, 0.1) is 5.69 Å². The van der Waals surface area contributed by atoms with Crippen molar-refractivity contribution < 1.29 is 14.7 Å². The molecule has 0 aliphatic carbocycles. The molecular formula is C13H13N3O3S. The van der Waals surface area contributed by atoms with Gasteiger partial charge in [0, 0.05) is 17.7 Å². The second-order valence-electron chi connectivity index (χ2n) is 4.03. The van der Waals surface area contributed by atoms with E-state index in [4.69, 9.17) is 5.73 Å².